The molecule has 1 N–H and O–H groups in total. The van der Waals surface area contributed by atoms with Gasteiger partial charge in [0.1, 0.15) is 5.41 Å². The highest BCUT2D eigenvalue weighted by molar-refractivity contribution is 6.29. The lowest BCUT2D eigenvalue weighted by Gasteiger charge is -2.05. The van der Waals surface area contributed by atoms with E-state index < -0.39 is 5.41 Å². The lowest BCUT2D eigenvalue weighted by molar-refractivity contribution is -0.124. The first-order valence-corrected chi connectivity index (χ1v) is 4.01. The summed E-state index contributed by atoms with van der Waals surface area (Å²) in [5, 5.41) is 11.5. The standard InChI is InChI=1S/C8H9ClN2O/c1-6(9)4-11-7(12)8(5-10)2-3-8/h1-4H2,(H,11,12). The van der Waals surface area contributed by atoms with Crippen LogP contribution in [0.4, 0.5) is 0 Å². The van der Waals surface area contributed by atoms with Crippen LogP contribution in [0, 0.1) is 16.7 Å². The third-order valence-electron chi connectivity index (χ3n) is 1.84. The molecule has 0 aromatic heterocycles. The Kier molecular flexibility index (Phi) is 2.39. The third-order valence-corrected chi connectivity index (χ3v) is 1.97. The first-order chi connectivity index (χ1) is 5.60. The molecule has 0 aliphatic heterocycles. The van der Waals surface area contributed by atoms with Gasteiger partial charge >= 0.3 is 0 Å². The maximum atomic E-state index is 11.2. The summed E-state index contributed by atoms with van der Waals surface area (Å²) in [5.41, 5.74) is -0.758. The van der Waals surface area contributed by atoms with Crippen LogP contribution in [-0.2, 0) is 4.79 Å². The Bertz CT molecular complexity index is 263. The highest BCUT2D eigenvalue weighted by Gasteiger charge is 2.50. The predicted molar refractivity (Wildman–Crippen MR) is 45.3 cm³/mol. The Morgan fingerprint density at radius 1 is 1.75 bits per heavy atom. The molecule has 3 nitrogen and oxygen atoms in total. The molecule has 0 atom stereocenters. The van der Waals surface area contributed by atoms with Crippen molar-refractivity contribution >= 4 is 17.5 Å². The van der Waals surface area contributed by atoms with Gasteiger partial charge in [0, 0.05) is 5.03 Å². The highest BCUT2D eigenvalue weighted by Crippen LogP contribution is 2.44. The van der Waals surface area contributed by atoms with Crippen molar-refractivity contribution in [2.75, 3.05) is 6.54 Å². The van der Waals surface area contributed by atoms with E-state index >= 15 is 0 Å². The molecule has 0 bridgehead atoms. The first-order valence-electron chi connectivity index (χ1n) is 3.63. The molecular weight excluding hydrogens is 176 g/mol. The fourth-order valence-electron chi connectivity index (χ4n) is 0.860. The second-order valence-electron chi connectivity index (χ2n) is 2.89. The fraction of sp³-hybridized carbons (Fsp3) is 0.500. The molecule has 0 spiro atoms. The molecule has 0 unspecified atom stereocenters. The van der Waals surface area contributed by atoms with Crippen molar-refractivity contribution in [3.63, 3.8) is 0 Å². The number of carbonyl (C=O) groups is 1. The number of hydrogen-bond acceptors (Lipinski definition) is 2. The minimum Gasteiger partial charge on any atom is -0.350 e. The van der Waals surface area contributed by atoms with Gasteiger partial charge in [-0.25, -0.2) is 0 Å². The number of nitrogens with zero attached hydrogens (tertiary/aromatic N) is 1. The summed E-state index contributed by atoms with van der Waals surface area (Å²) in [5.74, 6) is -0.230. The van der Waals surface area contributed by atoms with E-state index in [0.717, 1.165) is 0 Å². The van der Waals surface area contributed by atoms with Crippen LogP contribution in [0.3, 0.4) is 0 Å². The van der Waals surface area contributed by atoms with E-state index in [2.05, 4.69) is 11.9 Å². The smallest absolute Gasteiger partial charge is 0.240 e. The van der Waals surface area contributed by atoms with Crippen molar-refractivity contribution in [2.45, 2.75) is 12.8 Å². The molecule has 1 aliphatic rings. The number of amides is 1. The minimum atomic E-state index is -0.758. The molecule has 1 saturated carbocycles. The van der Waals surface area contributed by atoms with E-state index in [1.807, 2.05) is 6.07 Å². The van der Waals surface area contributed by atoms with Crippen LogP contribution in [0.2, 0.25) is 0 Å². The largest absolute Gasteiger partial charge is 0.350 e. The van der Waals surface area contributed by atoms with Gasteiger partial charge in [-0.05, 0) is 12.8 Å². The molecule has 0 aromatic carbocycles. The number of nitriles is 1. The summed E-state index contributed by atoms with van der Waals surface area (Å²) in [4.78, 5) is 11.2. The van der Waals surface area contributed by atoms with Crippen molar-refractivity contribution in [1.82, 2.24) is 5.32 Å². The van der Waals surface area contributed by atoms with Crippen molar-refractivity contribution in [1.29, 1.82) is 5.26 Å². The monoisotopic (exact) mass is 184 g/mol. The molecule has 1 fully saturated rings. The van der Waals surface area contributed by atoms with E-state index in [-0.39, 0.29) is 12.5 Å². The number of halogens is 1. The topological polar surface area (TPSA) is 52.9 Å². The van der Waals surface area contributed by atoms with Crippen molar-refractivity contribution in [3.05, 3.63) is 11.6 Å². The van der Waals surface area contributed by atoms with Crippen LogP contribution in [-0.4, -0.2) is 12.5 Å². The molecule has 0 heterocycles. The second-order valence-corrected chi connectivity index (χ2v) is 3.43. The van der Waals surface area contributed by atoms with Crippen LogP contribution in [0.5, 0.6) is 0 Å². The number of rotatable bonds is 3. The quantitative estimate of drug-likeness (QED) is 0.716. The SMILES string of the molecule is C=C(Cl)CNC(=O)C1(C#N)CC1. The molecule has 64 valence electrons. The Hall–Kier alpha value is -1.01. The Labute approximate surface area is 76.0 Å². The lowest BCUT2D eigenvalue weighted by atomic mass is 10.1. The van der Waals surface area contributed by atoms with Crippen molar-refractivity contribution in [2.24, 2.45) is 5.41 Å². The molecule has 12 heavy (non-hydrogen) atoms. The minimum absolute atomic E-state index is 0.230. The number of hydrogen-bond donors (Lipinski definition) is 1. The van der Waals surface area contributed by atoms with Gasteiger partial charge in [0.15, 0.2) is 0 Å². The molecular formula is C8H9ClN2O. The summed E-state index contributed by atoms with van der Waals surface area (Å²) < 4.78 is 0. The van der Waals surface area contributed by atoms with E-state index in [9.17, 15) is 4.79 Å². The predicted octanol–water partition coefficient (Wildman–Crippen LogP) is 1.16. The van der Waals surface area contributed by atoms with E-state index in [1.165, 1.54) is 0 Å². The zero-order valence-electron chi connectivity index (χ0n) is 6.56. The van der Waals surface area contributed by atoms with Crippen LogP contribution in [0.25, 0.3) is 0 Å². The Morgan fingerprint density at radius 2 is 2.33 bits per heavy atom. The Morgan fingerprint density at radius 3 is 2.67 bits per heavy atom. The van der Waals surface area contributed by atoms with E-state index in [0.29, 0.717) is 17.9 Å². The third kappa shape index (κ3) is 1.77. The summed E-state index contributed by atoms with van der Waals surface area (Å²) in [6, 6.07) is 1.99. The van der Waals surface area contributed by atoms with Gasteiger partial charge in [-0.3, -0.25) is 4.79 Å². The van der Waals surface area contributed by atoms with Crippen LogP contribution in [0.15, 0.2) is 11.6 Å². The second kappa shape index (κ2) is 3.16. The lowest BCUT2D eigenvalue weighted by Crippen LogP contribution is -2.31. The van der Waals surface area contributed by atoms with Gasteiger partial charge in [-0.1, -0.05) is 18.2 Å². The fourth-order valence-corrected chi connectivity index (χ4v) is 0.927. The van der Waals surface area contributed by atoms with E-state index in [1.54, 1.807) is 0 Å². The van der Waals surface area contributed by atoms with Crippen molar-refractivity contribution < 1.29 is 4.79 Å². The maximum Gasteiger partial charge on any atom is 0.240 e. The normalized spacial score (nSPS) is 17.7. The Balaban J connectivity index is 2.40. The van der Waals surface area contributed by atoms with Gasteiger partial charge in [0.05, 0.1) is 12.6 Å². The van der Waals surface area contributed by atoms with Crippen LogP contribution in [0.1, 0.15) is 12.8 Å². The van der Waals surface area contributed by atoms with E-state index in [4.69, 9.17) is 16.9 Å². The summed E-state index contributed by atoms with van der Waals surface area (Å²) in [6.45, 7) is 3.66. The summed E-state index contributed by atoms with van der Waals surface area (Å²) in [6.07, 6.45) is 1.31. The summed E-state index contributed by atoms with van der Waals surface area (Å²) in [7, 11) is 0. The molecule has 0 saturated heterocycles. The van der Waals surface area contributed by atoms with Gasteiger partial charge in [0.2, 0.25) is 5.91 Å². The van der Waals surface area contributed by atoms with Gasteiger partial charge in [-0.15, -0.1) is 0 Å². The van der Waals surface area contributed by atoms with Crippen LogP contribution < -0.4 is 5.32 Å². The molecule has 1 rings (SSSR count). The number of carbonyl (C=O) groups excluding carboxylic acids is 1. The van der Waals surface area contributed by atoms with Gasteiger partial charge in [0.25, 0.3) is 0 Å². The molecule has 0 aromatic rings. The highest BCUT2D eigenvalue weighted by atomic mass is 35.5. The first kappa shape index (κ1) is 9.08. The molecule has 4 heteroatoms. The average Bonchev–Trinajstić information content (AvgIpc) is 2.80. The van der Waals surface area contributed by atoms with Crippen LogP contribution >= 0.6 is 11.6 Å². The van der Waals surface area contributed by atoms with Gasteiger partial charge in [-0.2, -0.15) is 5.26 Å². The average molecular weight is 185 g/mol. The zero-order valence-corrected chi connectivity index (χ0v) is 7.32. The molecule has 1 amide bonds. The zero-order chi connectivity index (χ0) is 9.19. The summed E-state index contributed by atoms with van der Waals surface area (Å²) >= 11 is 5.44. The maximum absolute atomic E-state index is 11.2. The van der Waals surface area contributed by atoms with Crippen molar-refractivity contribution in [3.8, 4) is 6.07 Å². The molecule has 0 radical (unpaired) electrons. The molecule has 1 aliphatic carbocycles. The number of nitrogens with one attached hydrogen (secondary N) is 1. The van der Waals surface area contributed by atoms with Gasteiger partial charge < -0.3 is 5.32 Å².